The molecular weight excluding hydrogens is 254 g/mol. The molecule has 0 saturated heterocycles. The Kier molecular flexibility index (Phi) is 3.16. The van der Waals surface area contributed by atoms with Crippen molar-refractivity contribution in [3.63, 3.8) is 0 Å². The molecule has 0 radical (unpaired) electrons. The number of carbonyl (C=O) groups excluding carboxylic acids is 1. The Morgan fingerprint density at radius 2 is 2.20 bits per heavy atom. The molecule has 3 aromatic heterocycles. The van der Waals surface area contributed by atoms with Gasteiger partial charge in [-0.2, -0.15) is 0 Å². The lowest BCUT2D eigenvalue weighted by atomic mass is 10.2. The van der Waals surface area contributed by atoms with Crippen molar-refractivity contribution in [1.29, 1.82) is 0 Å². The highest BCUT2D eigenvalue weighted by Crippen LogP contribution is 2.18. The molecule has 0 unspecified atom stereocenters. The Balaban J connectivity index is 1.86. The van der Waals surface area contributed by atoms with Gasteiger partial charge in [-0.1, -0.05) is 6.07 Å². The van der Waals surface area contributed by atoms with E-state index in [-0.39, 0.29) is 0 Å². The summed E-state index contributed by atoms with van der Waals surface area (Å²) < 4.78 is 7.62. The van der Waals surface area contributed by atoms with Crippen LogP contribution in [-0.2, 0) is 6.61 Å². The van der Waals surface area contributed by atoms with Crippen molar-refractivity contribution in [3.05, 3.63) is 59.8 Å². The zero-order valence-electron chi connectivity index (χ0n) is 11.0. The van der Waals surface area contributed by atoms with Crippen molar-refractivity contribution in [2.45, 2.75) is 13.5 Å². The Bertz CT molecular complexity index is 765. The highest BCUT2D eigenvalue weighted by molar-refractivity contribution is 5.76. The number of pyridine rings is 2. The number of ether oxygens (including phenoxy) is 1. The number of hydrogen-bond acceptors (Lipinski definition) is 4. The molecule has 3 aromatic rings. The summed E-state index contributed by atoms with van der Waals surface area (Å²) in [6, 6.07) is 7.46. The second-order valence-electron chi connectivity index (χ2n) is 4.43. The van der Waals surface area contributed by atoms with Crippen LogP contribution >= 0.6 is 0 Å². The monoisotopic (exact) mass is 267 g/mol. The van der Waals surface area contributed by atoms with Crippen LogP contribution in [0.2, 0.25) is 0 Å². The maximum Gasteiger partial charge on any atom is 0.172 e. The van der Waals surface area contributed by atoms with Gasteiger partial charge in [-0.3, -0.25) is 4.79 Å². The Morgan fingerprint density at radius 1 is 1.30 bits per heavy atom. The van der Waals surface area contributed by atoms with Crippen molar-refractivity contribution < 1.29 is 9.53 Å². The molecule has 0 aromatic carbocycles. The maximum absolute atomic E-state index is 11.0. The van der Waals surface area contributed by atoms with Crippen LogP contribution in [0.5, 0.6) is 5.75 Å². The number of hydrogen-bond donors (Lipinski definition) is 0. The lowest BCUT2D eigenvalue weighted by Crippen LogP contribution is -2.02. The van der Waals surface area contributed by atoms with Crippen LogP contribution in [0, 0.1) is 6.92 Å². The van der Waals surface area contributed by atoms with Gasteiger partial charge in [-0.25, -0.2) is 9.97 Å². The molecule has 0 aliphatic carbocycles. The minimum Gasteiger partial charge on any atom is -0.486 e. The summed E-state index contributed by atoms with van der Waals surface area (Å²) in [6.07, 6.45) is 6.25. The molecule has 0 bridgehead atoms. The molecule has 0 saturated carbocycles. The van der Waals surface area contributed by atoms with Crippen LogP contribution in [0.15, 0.2) is 42.9 Å². The van der Waals surface area contributed by atoms with E-state index in [4.69, 9.17) is 4.74 Å². The van der Waals surface area contributed by atoms with E-state index in [9.17, 15) is 4.79 Å². The second kappa shape index (κ2) is 5.13. The predicted octanol–water partition coefficient (Wildman–Crippen LogP) is 2.43. The molecule has 0 aliphatic heterocycles. The Morgan fingerprint density at radius 3 is 3.05 bits per heavy atom. The van der Waals surface area contributed by atoms with Gasteiger partial charge < -0.3 is 9.14 Å². The average molecular weight is 267 g/mol. The number of nitrogens with zero attached hydrogens (tertiary/aromatic N) is 3. The van der Waals surface area contributed by atoms with E-state index in [0.717, 1.165) is 16.9 Å². The first-order chi connectivity index (χ1) is 9.78. The van der Waals surface area contributed by atoms with E-state index < -0.39 is 0 Å². The van der Waals surface area contributed by atoms with E-state index in [2.05, 4.69) is 9.97 Å². The van der Waals surface area contributed by atoms with Crippen molar-refractivity contribution in [2.75, 3.05) is 0 Å². The zero-order chi connectivity index (χ0) is 13.9. The van der Waals surface area contributed by atoms with Crippen molar-refractivity contribution in [1.82, 2.24) is 14.4 Å². The first kappa shape index (κ1) is 12.3. The van der Waals surface area contributed by atoms with E-state index in [1.807, 2.05) is 41.9 Å². The van der Waals surface area contributed by atoms with E-state index in [0.29, 0.717) is 24.3 Å². The van der Waals surface area contributed by atoms with Gasteiger partial charge in [0.2, 0.25) is 0 Å². The molecule has 0 spiro atoms. The number of rotatable bonds is 4. The molecule has 3 heterocycles. The smallest absolute Gasteiger partial charge is 0.172 e. The summed E-state index contributed by atoms with van der Waals surface area (Å²) in [5, 5.41) is 0. The van der Waals surface area contributed by atoms with Crippen LogP contribution in [0.3, 0.4) is 0 Å². The number of aldehydes is 1. The SMILES string of the molecule is Cc1ccc(OCc2cccn3ccnc23)c(C=O)n1. The van der Waals surface area contributed by atoms with Gasteiger partial charge in [0, 0.05) is 29.8 Å². The number of aromatic nitrogens is 3. The molecule has 0 fully saturated rings. The third-order valence-electron chi connectivity index (χ3n) is 3.02. The number of carbonyl (C=O) groups is 1. The topological polar surface area (TPSA) is 56.5 Å². The van der Waals surface area contributed by atoms with Crippen LogP contribution < -0.4 is 4.74 Å². The average Bonchev–Trinajstić information content (AvgIpc) is 2.94. The minimum absolute atomic E-state index is 0.320. The Labute approximate surface area is 115 Å². The van der Waals surface area contributed by atoms with Crippen molar-refractivity contribution >= 4 is 11.9 Å². The molecule has 3 rings (SSSR count). The summed E-state index contributed by atoms with van der Waals surface area (Å²) >= 11 is 0. The van der Waals surface area contributed by atoms with E-state index in [1.54, 1.807) is 12.3 Å². The van der Waals surface area contributed by atoms with Crippen molar-refractivity contribution in [3.8, 4) is 5.75 Å². The van der Waals surface area contributed by atoms with Crippen molar-refractivity contribution in [2.24, 2.45) is 0 Å². The first-order valence-electron chi connectivity index (χ1n) is 6.24. The molecule has 0 aliphatic rings. The van der Waals surface area contributed by atoms with Crippen LogP contribution in [0.25, 0.3) is 5.65 Å². The fourth-order valence-corrected chi connectivity index (χ4v) is 2.05. The first-order valence-corrected chi connectivity index (χ1v) is 6.24. The highest BCUT2D eigenvalue weighted by atomic mass is 16.5. The van der Waals surface area contributed by atoms with Crippen LogP contribution in [0.1, 0.15) is 21.7 Å². The van der Waals surface area contributed by atoms with Gasteiger partial charge in [0.25, 0.3) is 0 Å². The minimum atomic E-state index is 0.320. The molecule has 100 valence electrons. The van der Waals surface area contributed by atoms with Gasteiger partial charge in [-0.05, 0) is 25.1 Å². The number of aryl methyl sites for hydroxylation is 1. The third kappa shape index (κ3) is 2.25. The fraction of sp³-hybridized carbons (Fsp3) is 0.133. The summed E-state index contributed by atoms with van der Waals surface area (Å²) in [6.45, 7) is 2.18. The van der Waals surface area contributed by atoms with Gasteiger partial charge in [0.1, 0.15) is 23.7 Å². The van der Waals surface area contributed by atoms with Crippen LogP contribution in [0.4, 0.5) is 0 Å². The quantitative estimate of drug-likeness (QED) is 0.681. The molecule has 0 atom stereocenters. The summed E-state index contributed by atoms with van der Waals surface area (Å²) in [5.74, 6) is 0.485. The molecule has 0 N–H and O–H groups in total. The molecule has 20 heavy (non-hydrogen) atoms. The lowest BCUT2D eigenvalue weighted by molar-refractivity contribution is 0.111. The maximum atomic E-state index is 11.0. The fourth-order valence-electron chi connectivity index (χ4n) is 2.05. The highest BCUT2D eigenvalue weighted by Gasteiger charge is 2.07. The molecule has 5 heteroatoms. The standard InChI is InChI=1S/C15H13N3O2/c1-11-4-5-14(13(9-19)17-11)20-10-12-3-2-7-18-8-6-16-15(12)18/h2-9H,10H2,1H3. The van der Waals surface area contributed by atoms with Gasteiger partial charge >= 0.3 is 0 Å². The third-order valence-corrected chi connectivity index (χ3v) is 3.02. The normalized spacial score (nSPS) is 10.7. The van der Waals surface area contributed by atoms with Gasteiger partial charge in [-0.15, -0.1) is 0 Å². The van der Waals surface area contributed by atoms with E-state index in [1.165, 1.54) is 0 Å². The summed E-state index contributed by atoms with van der Waals surface area (Å²) in [4.78, 5) is 19.4. The van der Waals surface area contributed by atoms with E-state index >= 15 is 0 Å². The molecule has 0 amide bonds. The molecule has 5 nitrogen and oxygen atoms in total. The number of imidazole rings is 1. The lowest BCUT2D eigenvalue weighted by Gasteiger charge is -2.09. The predicted molar refractivity (Wildman–Crippen MR) is 73.9 cm³/mol. The zero-order valence-corrected chi connectivity index (χ0v) is 11.0. The molecular formula is C15H13N3O2. The van der Waals surface area contributed by atoms with Crippen LogP contribution in [-0.4, -0.2) is 20.7 Å². The Hall–Kier alpha value is -2.69. The summed E-state index contributed by atoms with van der Waals surface area (Å²) in [7, 11) is 0. The number of fused-ring (bicyclic) bond motifs is 1. The van der Waals surface area contributed by atoms with Gasteiger partial charge in [0.05, 0.1) is 0 Å². The largest absolute Gasteiger partial charge is 0.486 e. The summed E-state index contributed by atoms with van der Waals surface area (Å²) in [5.41, 5.74) is 2.91. The second-order valence-corrected chi connectivity index (χ2v) is 4.43. The van der Waals surface area contributed by atoms with Gasteiger partial charge in [0.15, 0.2) is 6.29 Å².